The lowest BCUT2D eigenvalue weighted by molar-refractivity contribution is -0.145. The minimum atomic E-state index is -0.259. The largest absolute Gasteiger partial charge is 0.462 e. The van der Waals surface area contributed by atoms with Crippen molar-refractivity contribution >= 4 is 33.3 Å². The van der Waals surface area contributed by atoms with E-state index in [0.29, 0.717) is 5.69 Å². The van der Waals surface area contributed by atoms with Crippen LogP contribution < -0.4 is 10.6 Å². The van der Waals surface area contributed by atoms with Crippen LogP contribution in [-0.2, 0) is 9.53 Å². The zero-order valence-corrected chi connectivity index (χ0v) is 11.8. The van der Waals surface area contributed by atoms with Crippen LogP contribution in [-0.4, -0.2) is 25.7 Å². The fourth-order valence-corrected chi connectivity index (χ4v) is 1.83. The van der Waals surface area contributed by atoms with Gasteiger partial charge in [-0.3, -0.25) is 4.79 Å². The summed E-state index contributed by atoms with van der Waals surface area (Å²) < 4.78 is 5.99. The molecule has 94 valence electrons. The first-order valence-corrected chi connectivity index (χ1v) is 6.15. The molecule has 0 aliphatic rings. The van der Waals surface area contributed by atoms with Crippen LogP contribution in [0.3, 0.4) is 0 Å². The van der Waals surface area contributed by atoms with Crippen molar-refractivity contribution < 1.29 is 9.53 Å². The molecule has 0 aromatic heterocycles. The zero-order valence-electron chi connectivity index (χ0n) is 10.2. The van der Waals surface area contributed by atoms with E-state index < -0.39 is 0 Å². The number of nitrogen functional groups attached to an aromatic ring is 1. The van der Waals surface area contributed by atoms with E-state index in [4.69, 9.17) is 10.5 Å². The number of hydrogen-bond donors (Lipinski definition) is 1. The Morgan fingerprint density at radius 2 is 2.18 bits per heavy atom. The molecule has 0 heterocycles. The molecule has 2 N–H and O–H groups in total. The van der Waals surface area contributed by atoms with Crippen molar-refractivity contribution in [1.29, 1.82) is 0 Å². The Balaban J connectivity index is 2.69. The summed E-state index contributed by atoms with van der Waals surface area (Å²) in [6, 6.07) is 5.55. The van der Waals surface area contributed by atoms with Gasteiger partial charge in [0.05, 0.1) is 17.5 Å². The van der Waals surface area contributed by atoms with Gasteiger partial charge in [-0.05, 0) is 32.0 Å². The molecular weight excluding hydrogens is 284 g/mol. The number of esters is 1. The number of hydrogen-bond acceptors (Lipinski definition) is 4. The molecule has 0 atom stereocenters. The Labute approximate surface area is 110 Å². The van der Waals surface area contributed by atoms with Crippen molar-refractivity contribution in [1.82, 2.24) is 0 Å². The van der Waals surface area contributed by atoms with Crippen LogP contribution in [0.4, 0.5) is 11.4 Å². The highest BCUT2D eigenvalue weighted by Gasteiger charge is 2.12. The van der Waals surface area contributed by atoms with Crippen molar-refractivity contribution in [2.45, 2.75) is 20.0 Å². The van der Waals surface area contributed by atoms with Crippen molar-refractivity contribution in [2.24, 2.45) is 0 Å². The highest BCUT2D eigenvalue weighted by Crippen LogP contribution is 2.25. The van der Waals surface area contributed by atoms with Gasteiger partial charge in [0, 0.05) is 11.5 Å². The Hall–Kier alpha value is -1.23. The number of benzene rings is 1. The topological polar surface area (TPSA) is 55.6 Å². The molecule has 1 aromatic carbocycles. The van der Waals surface area contributed by atoms with Gasteiger partial charge in [-0.25, -0.2) is 0 Å². The molecule has 0 spiro atoms. The predicted octanol–water partition coefficient (Wildman–Crippen LogP) is 2.42. The van der Waals surface area contributed by atoms with Gasteiger partial charge in [0.2, 0.25) is 0 Å². The third-order valence-electron chi connectivity index (χ3n) is 2.13. The van der Waals surface area contributed by atoms with Crippen LogP contribution in [0.1, 0.15) is 13.8 Å². The molecule has 4 nitrogen and oxygen atoms in total. The molecule has 1 rings (SSSR count). The number of ether oxygens (including phenoxy) is 1. The Kier molecular flexibility index (Phi) is 4.81. The smallest absolute Gasteiger partial charge is 0.325 e. The van der Waals surface area contributed by atoms with Crippen LogP contribution in [0, 0.1) is 0 Å². The molecule has 0 aliphatic carbocycles. The SMILES string of the molecule is CC(C)OC(=O)CN(C)c1ccc(Br)cc1N. The van der Waals surface area contributed by atoms with Crippen molar-refractivity contribution in [2.75, 3.05) is 24.2 Å². The molecule has 0 saturated carbocycles. The molecule has 0 radical (unpaired) electrons. The van der Waals surface area contributed by atoms with E-state index in [-0.39, 0.29) is 18.6 Å². The third kappa shape index (κ3) is 4.26. The summed E-state index contributed by atoms with van der Waals surface area (Å²) in [4.78, 5) is 13.3. The lowest BCUT2D eigenvalue weighted by Crippen LogP contribution is -2.29. The van der Waals surface area contributed by atoms with E-state index in [0.717, 1.165) is 10.2 Å². The molecule has 1 aromatic rings. The van der Waals surface area contributed by atoms with Gasteiger partial charge in [-0.15, -0.1) is 0 Å². The van der Waals surface area contributed by atoms with Gasteiger partial charge in [0.25, 0.3) is 0 Å². The number of carbonyl (C=O) groups is 1. The second-order valence-electron chi connectivity index (χ2n) is 4.10. The lowest BCUT2D eigenvalue weighted by Gasteiger charge is -2.20. The van der Waals surface area contributed by atoms with Gasteiger partial charge < -0.3 is 15.4 Å². The summed E-state index contributed by atoms with van der Waals surface area (Å²) in [5, 5.41) is 0. The number of nitrogens with zero attached hydrogens (tertiary/aromatic N) is 1. The number of nitrogens with two attached hydrogens (primary N) is 1. The predicted molar refractivity (Wildman–Crippen MR) is 73.1 cm³/mol. The highest BCUT2D eigenvalue weighted by molar-refractivity contribution is 9.10. The van der Waals surface area contributed by atoms with Gasteiger partial charge in [-0.2, -0.15) is 0 Å². The van der Waals surface area contributed by atoms with E-state index in [1.807, 2.05) is 26.0 Å². The maximum Gasteiger partial charge on any atom is 0.325 e. The van der Waals surface area contributed by atoms with Crippen LogP contribution in [0.25, 0.3) is 0 Å². The number of likely N-dealkylation sites (N-methyl/N-ethyl adjacent to an activating group) is 1. The van der Waals surface area contributed by atoms with E-state index in [2.05, 4.69) is 15.9 Å². The average molecular weight is 301 g/mol. The fraction of sp³-hybridized carbons (Fsp3) is 0.417. The number of halogens is 1. The minimum Gasteiger partial charge on any atom is -0.462 e. The minimum absolute atomic E-state index is 0.0989. The summed E-state index contributed by atoms with van der Waals surface area (Å²) >= 11 is 3.34. The molecule has 0 unspecified atom stereocenters. The normalized spacial score (nSPS) is 10.4. The average Bonchev–Trinajstić information content (AvgIpc) is 2.15. The third-order valence-corrected chi connectivity index (χ3v) is 2.63. The first-order valence-electron chi connectivity index (χ1n) is 5.35. The molecule has 0 saturated heterocycles. The van der Waals surface area contributed by atoms with Gasteiger partial charge in [0.1, 0.15) is 6.54 Å². The summed E-state index contributed by atoms with van der Waals surface area (Å²) in [7, 11) is 1.81. The van der Waals surface area contributed by atoms with Crippen molar-refractivity contribution in [3.05, 3.63) is 22.7 Å². The maximum absolute atomic E-state index is 11.5. The fourth-order valence-electron chi connectivity index (χ4n) is 1.45. The molecule has 0 amide bonds. The van der Waals surface area contributed by atoms with Crippen molar-refractivity contribution in [3.8, 4) is 0 Å². The molecule has 0 fully saturated rings. The monoisotopic (exact) mass is 300 g/mol. The molecular formula is C12H17BrN2O2. The van der Waals surface area contributed by atoms with Crippen LogP contribution in [0.2, 0.25) is 0 Å². The number of rotatable bonds is 4. The first kappa shape index (κ1) is 13.8. The molecule has 0 bridgehead atoms. The molecule has 17 heavy (non-hydrogen) atoms. The highest BCUT2D eigenvalue weighted by atomic mass is 79.9. The summed E-state index contributed by atoms with van der Waals surface area (Å²) in [6.07, 6.45) is -0.0989. The summed E-state index contributed by atoms with van der Waals surface area (Å²) in [5.74, 6) is -0.259. The first-order chi connectivity index (χ1) is 7.90. The number of anilines is 2. The van der Waals surface area contributed by atoms with Gasteiger partial charge >= 0.3 is 5.97 Å². The van der Waals surface area contributed by atoms with E-state index in [1.54, 1.807) is 18.0 Å². The summed E-state index contributed by atoms with van der Waals surface area (Å²) in [5.41, 5.74) is 7.31. The second-order valence-corrected chi connectivity index (χ2v) is 5.01. The van der Waals surface area contributed by atoms with Gasteiger partial charge in [-0.1, -0.05) is 15.9 Å². The van der Waals surface area contributed by atoms with Gasteiger partial charge in [0.15, 0.2) is 0 Å². The van der Waals surface area contributed by atoms with E-state index in [9.17, 15) is 4.79 Å². The Bertz CT molecular complexity index is 407. The van der Waals surface area contributed by atoms with Crippen LogP contribution in [0.5, 0.6) is 0 Å². The second kappa shape index (κ2) is 5.91. The van der Waals surface area contributed by atoms with Crippen LogP contribution in [0.15, 0.2) is 22.7 Å². The van der Waals surface area contributed by atoms with Crippen LogP contribution >= 0.6 is 15.9 Å². The quantitative estimate of drug-likeness (QED) is 0.685. The van der Waals surface area contributed by atoms with Crippen molar-refractivity contribution in [3.63, 3.8) is 0 Å². The summed E-state index contributed by atoms with van der Waals surface area (Å²) in [6.45, 7) is 3.84. The number of carbonyl (C=O) groups excluding carboxylic acids is 1. The maximum atomic E-state index is 11.5. The lowest BCUT2D eigenvalue weighted by atomic mass is 10.2. The Morgan fingerprint density at radius 1 is 1.53 bits per heavy atom. The zero-order chi connectivity index (χ0) is 13.0. The standard InChI is InChI=1S/C12H17BrN2O2/c1-8(2)17-12(16)7-15(3)11-5-4-9(13)6-10(11)14/h4-6,8H,7,14H2,1-3H3. The molecule has 5 heteroatoms. The van der Waals surface area contributed by atoms with E-state index >= 15 is 0 Å². The van der Waals surface area contributed by atoms with E-state index in [1.165, 1.54) is 0 Å². The molecule has 0 aliphatic heterocycles. The Morgan fingerprint density at radius 3 is 2.71 bits per heavy atom.